The standard InChI is InChI=1S/C16H14F3NO2/c1-20(22-2)15(21)12-8-9-13(11-6-4-3-5-7-11)14(10-12)16(17,18)19/h3-10H,1-2H3. The Balaban J connectivity index is 2.56. The summed E-state index contributed by atoms with van der Waals surface area (Å²) in [4.78, 5) is 16.6. The normalized spacial score (nSPS) is 11.3. The lowest BCUT2D eigenvalue weighted by atomic mass is 9.97. The van der Waals surface area contributed by atoms with Gasteiger partial charge in [-0.3, -0.25) is 9.63 Å². The average Bonchev–Trinajstić information content (AvgIpc) is 2.53. The number of hydrogen-bond acceptors (Lipinski definition) is 2. The molecule has 0 aliphatic heterocycles. The highest BCUT2D eigenvalue weighted by Crippen LogP contribution is 2.37. The lowest BCUT2D eigenvalue weighted by Crippen LogP contribution is -2.25. The number of carbonyl (C=O) groups excluding carboxylic acids is 1. The van der Waals surface area contributed by atoms with Crippen LogP contribution in [0.1, 0.15) is 15.9 Å². The van der Waals surface area contributed by atoms with E-state index in [0.717, 1.165) is 11.1 Å². The molecule has 3 nitrogen and oxygen atoms in total. The first-order valence-corrected chi connectivity index (χ1v) is 6.43. The third-order valence-corrected chi connectivity index (χ3v) is 3.22. The van der Waals surface area contributed by atoms with Gasteiger partial charge in [0, 0.05) is 12.6 Å². The molecule has 2 aromatic carbocycles. The van der Waals surface area contributed by atoms with Crippen molar-refractivity contribution in [2.24, 2.45) is 0 Å². The molecule has 0 aliphatic carbocycles. The minimum absolute atomic E-state index is 0.0321. The molecule has 2 aromatic rings. The van der Waals surface area contributed by atoms with Crippen LogP contribution < -0.4 is 0 Å². The van der Waals surface area contributed by atoms with Crippen molar-refractivity contribution in [1.29, 1.82) is 0 Å². The van der Waals surface area contributed by atoms with Gasteiger partial charge in [-0.2, -0.15) is 13.2 Å². The molecule has 0 atom stereocenters. The van der Waals surface area contributed by atoms with Crippen LogP contribution in [0.3, 0.4) is 0 Å². The molecule has 0 spiro atoms. The minimum atomic E-state index is -4.56. The highest BCUT2D eigenvalue weighted by molar-refractivity contribution is 5.94. The molecule has 0 fully saturated rings. The number of amides is 1. The maximum Gasteiger partial charge on any atom is 0.417 e. The van der Waals surface area contributed by atoms with Gasteiger partial charge >= 0.3 is 6.18 Å². The van der Waals surface area contributed by atoms with Crippen LogP contribution in [0.15, 0.2) is 48.5 Å². The van der Waals surface area contributed by atoms with Crippen molar-refractivity contribution in [2.45, 2.75) is 6.18 Å². The molecule has 0 saturated carbocycles. The highest BCUT2D eigenvalue weighted by atomic mass is 19.4. The fourth-order valence-electron chi connectivity index (χ4n) is 2.05. The van der Waals surface area contributed by atoms with Gasteiger partial charge in [0.05, 0.1) is 12.7 Å². The van der Waals surface area contributed by atoms with Crippen molar-refractivity contribution in [3.8, 4) is 11.1 Å². The molecule has 1 amide bonds. The molecule has 0 saturated heterocycles. The molecule has 22 heavy (non-hydrogen) atoms. The Hall–Kier alpha value is -2.34. The van der Waals surface area contributed by atoms with Crippen molar-refractivity contribution in [1.82, 2.24) is 5.06 Å². The summed E-state index contributed by atoms with van der Waals surface area (Å²) in [5.74, 6) is -0.646. The maximum atomic E-state index is 13.3. The predicted octanol–water partition coefficient (Wildman–Crippen LogP) is 4.01. The Morgan fingerprint density at radius 2 is 1.73 bits per heavy atom. The number of hydrogen-bond donors (Lipinski definition) is 0. The molecule has 0 N–H and O–H groups in total. The monoisotopic (exact) mass is 309 g/mol. The van der Waals surface area contributed by atoms with Gasteiger partial charge in [0.1, 0.15) is 0 Å². The first-order valence-electron chi connectivity index (χ1n) is 6.43. The van der Waals surface area contributed by atoms with Gasteiger partial charge in [-0.05, 0) is 23.3 Å². The van der Waals surface area contributed by atoms with Gasteiger partial charge in [-0.15, -0.1) is 0 Å². The molecule has 6 heteroatoms. The minimum Gasteiger partial charge on any atom is -0.274 e. The molecule has 0 unspecified atom stereocenters. The topological polar surface area (TPSA) is 29.5 Å². The number of alkyl halides is 3. The second kappa shape index (κ2) is 6.19. The van der Waals surface area contributed by atoms with Crippen LogP contribution >= 0.6 is 0 Å². The number of benzene rings is 2. The molecule has 116 valence electrons. The van der Waals surface area contributed by atoms with E-state index in [1.54, 1.807) is 30.3 Å². The van der Waals surface area contributed by atoms with Crippen molar-refractivity contribution in [3.05, 3.63) is 59.7 Å². The number of halogens is 3. The number of nitrogens with zero attached hydrogens (tertiary/aromatic N) is 1. The molecule has 0 aliphatic rings. The van der Waals surface area contributed by atoms with Crippen LogP contribution in [0.5, 0.6) is 0 Å². The van der Waals surface area contributed by atoms with Crippen LogP contribution in [0.2, 0.25) is 0 Å². The lowest BCUT2D eigenvalue weighted by molar-refractivity contribution is -0.137. The fourth-order valence-corrected chi connectivity index (χ4v) is 2.05. The van der Waals surface area contributed by atoms with Crippen molar-refractivity contribution < 1.29 is 22.8 Å². The largest absolute Gasteiger partial charge is 0.417 e. The van der Waals surface area contributed by atoms with Gasteiger partial charge in [0.2, 0.25) is 0 Å². The van der Waals surface area contributed by atoms with E-state index in [4.69, 9.17) is 4.84 Å². The van der Waals surface area contributed by atoms with Crippen molar-refractivity contribution >= 4 is 5.91 Å². The Morgan fingerprint density at radius 1 is 1.09 bits per heavy atom. The summed E-state index contributed by atoms with van der Waals surface area (Å²) in [5.41, 5.74) is -0.468. The molecule has 0 radical (unpaired) electrons. The van der Waals surface area contributed by atoms with Crippen LogP contribution in [0, 0.1) is 0 Å². The summed E-state index contributed by atoms with van der Waals surface area (Å²) in [6, 6.07) is 11.7. The summed E-state index contributed by atoms with van der Waals surface area (Å²) in [6.45, 7) is 0. The summed E-state index contributed by atoms with van der Waals surface area (Å²) < 4.78 is 39.9. The van der Waals surface area contributed by atoms with Crippen molar-refractivity contribution in [3.63, 3.8) is 0 Å². The van der Waals surface area contributed by atoms with E-state index < -0.39 is 17.6 Å². The number of carbonyl (C=O) groups is 1. The van der Waals surface area contributed by atoms with E-state index in [2.05, 4.69) is 0 Å². The van der Waals surface area contributed by atoms with Crippen LogP contribution in [0.25, 0.3) is 11.1 Å². The fraction of sp³-hybridized carbons (Fsp3) is 0.188. The Morgan fingerprint density at radius 3 is 2.27 bits per heavy atom. The zero-order valence-corrected chi connectivity index (χ0v) is 12.0. The van der Waals surface area contributed by atoms with E-state index >= 15 is 0 Å². The first-order chi connectivity index (χ1) is 10.3. The molecular weight excluding hydrogens is 295 g/mol. The highest BCUT2D eigenvalue weighted by Gasteiger charge is 2.34. The summed E-state index contributed by atoms with van der Waals surface area (Å²) in [6.07, 6.45) is -4.56. The quantitative estimate of drug-likeness (QED) is 0.802. The van der Waals surface area contributed by atoms with Crippen molar-refractivity contribution in [2.75, 3.05) is 14.2 Å². The van der Waals surface area contributed by atoms with Crippen LogP contribution in [0.4, 0.5) is 13.2 Å². The number of rotatable bonds is 3. The van der Waals surface area contributed by atoms with Gasteiger partial charge < -0.3 is 0 Å². The van der Waals surface area contributed by atoms with Gasteiger partial charge in [-0.25, -0.2) is 5.06 Å². The first kappa shape index (κ1) is 16.0. The van der Waals surface area contributed by atoms with E-state index in [9.17, 15) is 18.0 Å². The van der Waals surface area contributed by atoms with Crippen LogP contribution in [-0.4, -0.2) is 25.1 Å². The molecular formula is C16H14F3NO2. The Kier molecular flexibility index (Phi) is 4.51. The zero-order valence-electron chi connectivity index (χ0n) is 12.0. The smallest absolute Gasteiger partial charge is 0.274 e. The Labute approximate surface area is 125 Å². The summed E-state index contributed by atoms with van der Waals surface area (Å²) >= 11 is 0. The second-order valence-corrected chi connectivity index (χ2v) is 4.61. The predicted molar refractivity (Wildman–Crippen MR) is 76.0 cm³/mol. The average molecular weight is 309 g/mol. The van der Waals surface area contributed by atoms with E-state index in [0.29, 0.717) is 5.56 Å². The maximum absolute atomic E-state index is 13.3. The molecule has 0 aromatic heterocycles. The van der Waals surface area contributed by atoms with E-state index in [1.807, 2.05) is 0 Å². The van der Waals surface area contributed by atoms with E-state index in [1.165, 1.54) is 26.3 Å². The molecule has 2 rings (SSSR count). The number of hydroxylamine groups is 2. The molecule has 0 heterocycles. The summed E-state index contributed by atoms with van der Waals surface area (Å²) in [7, 11) is 2.60. The summed E-state index contributed by atoms with van der Waals surface area (Å²) in [5, 5.41) is 0.873. The van der Waals surface area contributed by atoms with Gasteiger partial charge in [0.15, 0.2) is 0 Å². The van der Waals surface area contributed by atoms with Gasteiger partial charge in [-0.1, -0.05) is 36.4 Å². The third-order valence-electron chi connectivity index (χ3n) is 3.22. The SMILES string of the molecule is CON(C)C(=O)c1ccc(-c2ccccc2)c(C(F)(F)F)c1. The molecule has 0 bridgehead atoms. The third kappa shape index (κ3) is 3.28. The van der Waals surface area contributed by atoms with Crippen LogP contribution in [-0.2, 0) is 11.0 Å². The van der Waals surface area contributed by atoms with E-state index in [-0.39, 0.29) is 11.1 Å². The van der Waals surface area contributed by atoms with Gasteiger partial charge in [0.25, 0.3) is 5.91 Å². The second-order valence-electron chi connectivity index (χ2n) is 4.61. The lowest BCUT2D eigenvalue weighted by Gasteiger charge is -2.17. The Bertz CT molecular complexity index is 669. The zero-order chi connectivity index (χ0) is 16.3.